The van der Waals surface area contributed by atoms with Crippen LogP contribution in [0.25, 0.3) is 0 Å². The molecule has 1 saturated heterocycles. The zero-order valence-electron chi connectivity index (χ0n) is 23.0. The molecule has 1 fully saturated rings. The topological polar surface area (TPSA) is 119 Å². The van der Waals surface area contributed by atoms with E-state index in [2.05, 4.69) is 15.3 Å². The first-order valence-electron chi connectivity index (χ1n) is 13.4. The number of carbonyl (C=O) groups excluding carboxylic acids is 3. The Morgan fingerprint density at radius 3 is 2.75 bits per heavy atom. The van der Waals surface area contributed by atoms with Crippen molar-refractivity contribution in [2.75, 3.05) is 46.4 Å². The molecule has 2 atom stereocenters. The zero-order valence-corrected chi connectivity index (χ0v) is 23.8. The molecular formula is C28H34N6O5S. The summed E-state index contributed by atoms with van der Waals surface area (Å²) >= 11 is 1.52. The maximum Gasteiger partial charge on any atom is 0.272 e. The smallest absolute Gasteiger partial charge is 0.272 e. The van der Waals surface area contributed by atoms with E-state index in [0.717, 1.165) is 16.3 Å². The summed E-state index contributed by atoms with van der Waals surface area (Å²) in [5, 5.41) is 5.89. The minimum absolute atomic E-state index is 0.0341. The number of hydrogen-bond donors (Lipinski definition) is 1. The summed E-state index contributed by atoms with van der Waals surface area (Å²) < 4.78 is 13.4. The van der Waals surface area contributed by atoms with Crippen molar-refractivity contribution in [3.63, 3.8) is 0 Å². The van der Waals surface area contributed by atoms with Crippen LogP contribution >= 0.6 is 11.3 Å². The molecule has 0 saturated carbocycles. The van der Waals surface area contributed by atoms with Crippen LogP contribution < -0.4 is 14.8 Å². The van der Waals surface area contributed by atoms with Gasteiger partial charge < -0.3 is 29.2 Å². The van der Waals surface area contributed by atoms with E-state index in [4.69, 9.17) is 9.47 Å². The zero-order chi connectivity index (χ0) is 28.2. The van der Waals surface area contributed by atoms with Gasteiger partial charge in [-0.25, -0.2) is 9.97 Å². The number of carbonyl (C=O) groups is 3. The maximum absolute atomic E-state index is 13.5. The Morgan fingerprint density at radius 1 is 1.20 bits per heavy atom. The number of benzene rings is 1. The lowest BCUT2D eigenvalue weighted by Gasteiger charge is -2.25. The Kier molecular flexibility index (Phi) is 8.34. The molecule has 2 aromatic heterocycles. The van der Waals surface area contributed by atoms with Gasteiger partial charge in [0.05, 0.1) is 49.2 Å². The van der Waals surface area contributed by atoms with Gasteiger partial charge in [0.15, 0.2) is 11.5 Å². The van der Waals surface area contributed by atoms with Crippen LogP contribution in [0.1, 0.15) is 39.1 Å². The van der Waals surface area contributed by atoms with Crippen LogP contribution in [0.3, 0.4) is 0 Å². The fourth-order valence-corrected chi connectivity index (χ4v) is 5.94. The van der Waals surface area contributed by atoms with Crippen LogP contribution in [-0.4, -0.2) is 88.5 Å². The van der Waals surface area contributed by atoms with Gasteiger partial charge in [0.1, 0.15) is 12.3 Å². The van der Waals surface area contributed by atoms with Gasteiger partial charge in [-0.2, -0.15) is 0 Å². The van der Waals surface area contributed by atoms with E-state index in [9.17, 15) is 14.4 Å². The third-order valence-corrected chi connectivity index (χ3v) is 8.29. The lowest BCUT2D eigenvalue weighted by atomic mass is 9.88. The van der Waals surface area contributed by atoms with Crippen LogP contribution in [0.4, 0.5) is 0 Å². The van der Waals surface area contributed by atoms with Gasteiger partial charge in [-0.05, 0) is 31.0 Å². The molecule has 2 aliphatic heterocycles. The molecule has 0 aliphatic carbocycles. The first-order valence-corrected chi connectivity index (χ1v) is 14.2. The number of imidazole rings is 1. The molecular weight excluding hydrogens is 532 g/mol. The number of aromatic nitrogens is 3. The predicted molar refractivity (Wildman–Crippen MR) is 149 cm³/mol. The van der Waals surface area contributed by atoms with Crippen LogP contribution in [0, 0.1) is 12.8 Å². The fraction of sp³-hybridized carbons (Fsp3) is 0.464. The molecule has 40 heavy (non-hydrogen) atoms. The number of nitrogens with one attached hydrogen (secondary N) is 1. The molecule has 0 spiro atoms. The molecule has 0 radical (unpaired) electrons. The first kappa shape index (κ1) is 27.6. The average molecular weight is 567 g/mol. The van der Waals surface area contributed by atoms with E-state index < -0.39 is 5.92 Å². The van der Waals surface area contributed by atoms with E-state index in [1.54, 1.807) is 41.0 Å². The van der Waals surface area contributed by atoms with Gasteiger partial charge >= 0.3 is 0 Å². The third-order valence-electron chi connectivity index (χ3n) is 7.47. The third kappa shape index (κ3) is 5.96. The standard InChI is InChI=1S/C28H34N6O5S/c1-18-31-20(16-40-18)12-26(35)33-8-4-7-30-27(36)22-15-34(28(37)23-13-29-17-32(23)2)14-21(22)19-5-6-24(38-3)25(11-19)39-10-9-33/h5-6,11,13,16-17,21-22H,4,7-10,12,14-15H2,1-3H3,(H,30,36)/t21-,22+/m1/s1. The number of fused-ring (bicyclic) bond motifs is 4. The number of ether oxygens (including phenoxy) is 2. The molecule has 11 nitrogen and oxygen atoms in total. The van der Waals surface area contributed by atoms with Crippen LogP contribution in [0.15, 0.2) is 36.1 Å². The van der Waals surface area contributed by atoms with Gasteiger partial charge in [0.25, 0.3) is 5.91 Å². The minimum atomic E-state index is -0.438. The molecule has 5 rings (SSSR count). The van der Waals surface area contributed by atoms with Crippen molar-refractivity contribution in [3.8, 4) is 11.5 Å². The molecule has 1 aromatic carbocycles. The summed E-state index contributed by atoms with van der Waals surface area (Å²) in [5.41, 5.74) is 2.12. The summed E-state index contributed by atoms with van der Waals surface area (Å²) in [4.78, 5) is 51.8. The number of amides is 3. The molecule has 3 aromatic rings. The maximum atomic E-state index is 13.5. The Hall–Kier alpha value is -3.93. The second-order valence-electron chi connectivity index (χ2n) is 10.1. The second kappa shape index (κ2) is 12.1. The Labute approximate surface area is 237 Å². The summed E-state index contributed by atoms with van der Waals surface area (Å²) in [6.45, 7) is 4.18. The van der Waals surface area contributed by atoms with Gasteiger partial charge in [-0.1, -0.05) is 6.07 Å². The number of hydrogen-bond acceptors (Lipinski definition) is 8. The summed E-state index contributed by atoms with van der Waals surface area (Å²) in [6, 6.07) is 5.63. The van der Waals surface area contributed by atoms with Gasteiger partial charge in [-0.3, -0.25) is 14.4 Å². The Bertz CT molecular complexity index is 1390. The molecule has 1 N–H and O–H groups in total. The van der Waals surface area contributed by atoms with E-state index in [-0.39, 0.29) is 36.7 Å². The van der Waals surface area contributed by atoms with E-state index in [0.29, 0.717) is 56.3 Å². The largest absolute Gasteiger partial charge is 0.493 e. The molecule has 0 unspecified atom stereocenters. The van der Waals surface area contributed by atoms with Crippen molar-refractivity contribution in [1.29, 1.82) is 0 Å². The van der Waals surface area contributed by atoms with Crippen molar-refractivity contribution in [1.82, 2.24) is 29.7 Å². The van der Waals surface area contributed by atoms with Gasteiger partial charge in [0.2, 0.25) is 11.8 Å². The quantitative estimate of drug-likeness (QED) is 0.513. The predicted octanol–water partition coefficient (Wildman–Crippen LogP) is 2.02. The van der Waals surface area contributed by atoms with Gasteiger partial charge in [0, 0.05) is 44.5 Å². The van der Waals surface area contributed by atoms with Crippen molar-refractivity contribution in [2.45, 2.75) is 25.7 Å². The number of rotatable bonds is 4. The molecule has 12 heteroatoms. The summed E-state index contributed by atoms with van der Waals surface area (Å²) in [5.74, 6) is 0.140. The highest BCUT2D eigenvalue weighted by Crippen LogP contribution is 2.38. The summed E-state index contributed by atoms with van der Waals surface area (Å²) in [7, 11) is 3.35. The highest BCUT2D eigenvalue weighted by atomic mass is 32.1. The van der Waals surface area contributed by atoms with Crippen LogP contribution in [-0.2, 0) is 23.1 Å². The lowest BCUT2D eigenvalue weighted by Crippen LogP contribution is -2.40. The monoisotopic (exact) mass is 566 g/mol. The van der Waals surface area contributed by atoms with Crippen molar-refractivity contribution >= 4 is 29.1 Å². The van der Waals surface area contributed by atoms with Gasteiger partial charge in [-0.15, -0.1) is 11.3 Å². The number of methoxy groups -OCH3 is 1. The number of aryl methyl sites for hydroxylation is 2. The van der Waals surface area contributed by atoms with Crippen molar-refractivity contribution in [3.05, 3.63) is 58.1 Å². The SMILES string of the molecule is COc1ccc2cc1OCCN(C(=O)Cc1csc(C)n1)CCCNC(=O)[C@H]1CN(C(=O)c3cncn3C)C[C@H]21. The lowest BCUT2D eigenvalue weighted by molar-refractivity contribution is -0.131. The Morgan fingerprint density at radius 2 is 2.02 bits per heavy atom. The van der Waals surface area contributed by atoms with Crippen LogP contribution in [0.5, 0.6) is 11.5 Å². The van der Waals surface area contributed by atoms with E-state index in [1.165, 1.54) is 11.3 Å². The molecule has 4 heterocycles. The van der Waals surface area contributed by atoms with Crippen LogP contribution in [0.2, 0.25) is 0 Å². The number of nitrogens with zero attached hydrogens (tertiary/aromatic N) is 5. The average Bonchev–Trinajstić information content (AvgIpc) is 3.68. The first-order chi connectivity index (χ1) is 19.3. The second-order valence-corrected chi connectivity index (χ2v) is 11.2. The number of likely N-dealkylation sites (tertiary alicyclic amines) is 1. The normalized spacial score (nSPS) is 19.8. The highest BCUT2D eigenvalue weighted by Gasteiger charge is 2.41. The molecule has 212 valence electrons. The molecule has 3 amide bonds. The minimum Gasteiger partial charge on any atom is -0.493 e. The molecule has 2 aliphatic rings. The molecule has 2 bridgehead atoms. The van der Waals surface area contributed by atoms with E-state index in [1.807, 2.05) is 30.5 Å². The number of thiazole rings is 1. The van der Waals surface area contributed by atoms with E-state index >= 15 is 0 Å². The van der Waals surface area contributed by atoms with Crippen molar-refractivity contribution in [2.24, 2.45) is 13.0 Å². The highest BCUT2D eigenvalue weighted by molar-refractivity contribution is 7.09. The Balaban J connectivity index is 1.38. The van der Waals surface area contributed by atoms with Crippen molar-refractivity contribution < 1.29 is 23.9 Å². The fourth-order valence-electron chi connectivity index (χ4n) is 5.33. The summed E-state index contributed by atoms with van der Waals surface area (Å²) in [6.07, 6.45) is 3.95.